The first-order chi connectivity index (χ1) is 9.71. The number of methoxy groups -OCH3 is 1. The summed E-state index contributed by atoms with van der Waals surface area (Å²) >= 11 is 1.62. The number of hydrogen-bond acceptors (Lipinski definition) is 4. The van der Waals surface area contributed by atoms with Crippen LogP contribution in [-0.4, -0.2) is 29.4 Å². The Morgan fingerprint density at radius 3 is 2.75 bits per heavy atom. The SMILES string of the molecule is COCC(O)(Cc1nc(-c2ccccc2)cs1)C1CC1. The summed E-state index contributed by atoms with van der Waals surface area (Å²) in [6.45, 7) is 0.387. The molecule has 1 atom stereocenters. The molecule has 3 nitrogen and oxygen atoms in total. The zero-order valence-electron chi connectivity index (χ0n) is 11.6. The largest absolute Gasteiger partial charge is 0.387 e. The monoisotopic (exact) mass is 289 g/mol. The summed E-state index contributed by atoms with van der Waals surface area (Å²) in [5.41, 5.74) is 1.36. The fourth-order valence-electron chi connectivity index (χ4n) is 2.58. The zero-order chi connectivity index (χ0) is 14.0. The van der Waals surface area contributed by atoms with Crippen LogP contribution in [0.4, 0.5) is 0 Å². The van der Waals surface area contributed by atoms with Gasteiger partial charge in [-0.1, -0.05) is 30.3 Å². The average molecular weight is 289 g/mol. The van der Waals surface area contributed by atoms with Gasteiger partial charge in [0.05, 0.1) is 22.9 Å². The van der Waals surface area contributed by atoms with Gasteiger partial charge in [-0.05, 0) is 18.8 Å². The number of benzene rings is 1. The van der Waals surface area contributed by atoms with Crippen molar-refractivity contribution in [3.63, 3.8) is 0 Å². The van der Waals surface area contributed by atoms with Crippen LogP contribution < -0.4 is 0 Å². The number of nitrogens with zero attached hydrogens (tertiary/aromatic N) is 1. The first kappa shape index (κ1) is 13.7. The molecule has 1 aliphatic carbocycles. The Bertz CT molecular complexity index is 565. The highest BCUT2D eigenvalue weighted by Crippen LogP contribution is 2.42. The minimum absolute atomic E-state index is 0.367. The second-order valence-corrected chi connectivity index (χ2v) is 6.42. The lowest BCUT2D eigenvalue weighted by Gasteiger charge is -2.26. The molecule has 106 valence electrons. The van der Waals surface area contributed by atoms with Gasteiger partial charge in [0.1, 0.15) is 0 Å². The molecule has 1 aromatic heterocycles. The van der Waals surface area contributed by atoms with E-state index in [1.54, 1.807) is 18.4 Å². The second kappa shape index (κ2) is 5.64. The van der Waals surface area contributed by atoms with Crippen molar-refractivity contribution in [1.29, 1.82) is 0 Å². The predicted molar refractivity (Wildman–Crippen MR) is 80.8 cm³/mol. The minimum Gasteiger partial charge on any atom is -0.387 e. The summed E-state index contributed by atoms with van der Waals surface area (Å²) in [7, 11) is 1.64. The minimum atomic E-state index is -0.749. The van der Waals surface area contributed by atoms with Gasteiger partial charge < -0.3 is 9.84 Å². The van der Waals surface area contributed by atoms with Crippen LogP contribution in [0.2, 0.25) is 0 Å². The lowest BCUT2D eigenvalue weighted by molar-refractivity contribution is -0.0474. The lowest BCUT2D eigenvalue weighted by Crippen LogP contribution is -2.39. The molecule has 0 bridgehead atoms. The zero-order valence-corrected chi connectivity index (χ0v) is 12.4. The van der Waals surface area contributed by atoms with Crippen LogP contribution in [0.15, 0.2) is 35.7 Å². The quantitative estimate of drug-likeness (QED) is 0.888. The van der Waals surface area contributed by atoms with E-state index in [2.05, 4.69) is 22.5 Å². The van der Waals surface area contributed by atoms with Crippen LogP contribution in [0.1, 0.15) is 17.8 Å². The van der Waals surface area contributed by atoms with Crippen LogP contribution in [0.25, 0.3) is 11.3 Å². The Morgan fingerprint density at radius 2 is 2.10 bits per heavy atom. The summed E-state index contributed by atoms with van der Waals surface area (Å²) in [4.78, 5) is 4.66. The molecule has 3 rings (SSSR count). The molecule has 1 fully saturated rings. The first-order valence-corrected chi connectivity index (χ1v) is 7.80. The van der Waals surface area contributed by atoms with Crippen molar-refractivity contribution in [2.75, 3.05) is 13.7 Å². The summed E-state index contributed by atoms with van der Waals surface area (Å²) in [6, 6.07) is 10.1. The van der Waals surface area contributed by atoms with Crippen molar-refractivity contribution >= 4 is 11.3 Å². The van der Waals surface area contributed by atoms with Crippen LogP contribution in [0.3, 0.4) is 0 Å². The van der Waals surface area contributed by atoms with Gasteiger partial charge in [-0.3, -0.25) is 0 Å². The van der Waals surface area contributed by atoms with E-state index in [0.717, 1.165) is 29.1 Å². The van der Waals surface area contributed by atoms with E-state index in [4.69, 9.17) is 4.74 Å². The van der Waals surface area contributed by atoms with Crippen molar-refractivity contribution in [3.8, 4) is 11.3 Å². The molecule has 1 saturated carbocycles. The Hall–Kier alpha value is -1.23. The highest BCUT2D eigenvalue weighted by molar-refractivity contribution is 7.09. The normalized spacial score (nSPS) is 17.9. The summed E-state index contributed by atoms with van der Waals surface area (Å²) in [6.07, 6.45) is 2.77. The lowest BCUT2D eigenvalue weighted by atomic mass is 9.95. The average Bonchev–Trinajstić information content (AvgIpc) is 3.22. The molecular formula is C16H19NO2S. The maximum Gasteiger partial charge on any atom is 0.0971 e. The number of thiazole rings is 1. The van der Waals surface area contributed by atoms with Gasteiger partial charge in [-0.25, -0.2) is 4.98 Å². The number of aliphatic hydroxyl groups is 1. The van der Waals surface area contributed by atoms with E-state index in [0.29, 0.717) is 18.9 Å². The van der Waals surface area contributed by atoms with Crippen LogP contribution in [0.5, 0.6) is 0 Å². The summed E-state index contributed by atoms with van der Waals surface area (Å²) < 4.78 is 5.20. The van der Waals surface area contributed by atoms with Gasteiger partial charge in [0.15, 0.2) is 0 Å². The summed E-state index contributed by atoms with van der Waals surface area (Å²) in [5.74, 6) is 0.367. The Balaban J connectivity index is 1.77. The molecule has 0 saturated heterocycles. The molecule has 0 aliphatic heterocycles. The third-order valence-corrected chi connectivity index (χ3v) is 4.66. The number of ether oxygens (including phenoxy) is 1. The van der Waals surface area contributed by atoms with Crippen LogP contribution >= 0.6 is 11.3 Å². The molecular weight excluding hydrogens is 270 g/mol. The van der Waals surface area contributed by atoms with Gasteiger partial charge in [0.25, 0.3) is 0 Å². The van der Waals surface area contributed by atoms with Gasteiger partial charge in [-0.15, -0.1) is 11.3 Å². The highest BCUT2D eigenvalue weighted by Gasteiger charge is 2.44. The van der Waals surface area contributed by atoms with E-state index in [1.807, 2.05) is 18.2 Å². The third kappa shape index (κ3) is 2.92. The van der Waals surface area contributed by atoms with E-state index < -0.39 is 5.60 Å². The number of aromatic nitrogens is 1. The van der Waals surface area contributed by atoms with Crippen molar-refractivity contribution in [2.24, 2.45) is 5.92 Å². The van der Waals surface area contributed by atoms with Gasteiger partial charge >= 0.3 is 0 Å². The van der Waals surface area contributed by atoms with Crippen molar-refractivity contribution in [1.82, 2.24) is 4.98 Å². The maximum absolute atomic E-state index is 10.7. The number of rotatable bonds is 6. The molecule has 0 radical (unpaired) electrons. The highest BCUT2D eigenvalue weighted by atomic mass is 32.1. The third-order valence-electron chi connectivity index (χ3n) is 3.81. The Kier molecular flexibility index (Phi) is 3.87. The molecule has 4 heteroatoms. The standard InChI is InChI=1S/C16H19NO2S/c1-19-11-16(18,13-7-8-13)9-15-17-14(10-20-15)12-5-3-2-4-6-12/h2-6,10,13,18H,7-9,11H2,1H3. The molecule has 0 amide bonds. The van der Waals surface area contributed by atoms with E-state index >= 15 is 0 Å². The van der Waals surface area contributed by atoms with Crippen LogP contribution in [0, 0.1) is 5.92 Å². The molecule has 1 unspecified atom stereocenters. The fourth-order valence-corrected chi connectivity index (χ4v) is 3.50. The van der Waals surface area contributed by atoms with E-state index in [-0.39, 0.29) is 0 Å². The van der Waals surface area contributed by atoms with E-state index in [9.17, 15) is 5.11 Å². The van der Waals surface area contributed by atoms with Crippen molar-refractivity contribution < 1.29 is 9.84 Å². The molecule has 2 aromatic rings. The van der Waals surface area contributed by atoms with Gasteiger partial charge in [-0.2, -0.15) is 0 Å². The molecule has 1 aliphatic rings. The molecule has 1 heterocycles. The van der Waals surface area contributed by atoms with Gasteiger partial charge in [0.2, 0.25) is 0 Å². The molecule has 1 aromatic carbocycles. The Morgan fingerprint density at radius 1 is 1.35 bits per heavy atom. The van der Waals surface area contributed by atoms with Crippen molar-refractivity contribution in [2.45, 2.75) is 24.9 Å². The van der Waals surface area contributed by atoms with Crippen LogP contribution in [-0.2, 0) is 11.2 Å². The van der Waals surface area contributed by atoms with Gasteiger partial charge in [0, 0.05) is 24.5 Å². The first-order valence-electron chi connectivity index (χ1n) is 6.92. The second-order valence-electron chi connectivity index (χ2n) is 5.48. The molecule has 20 heavy (non-hydrogen) atoms. The molecule has 0 spiro atoms. The smallest absolute Gasteiger partial charge is 0.0971 e. The summed E-state index contributed by atoms with van der Waals surface area (Å²) in [5, 5.41) is 13.8. The topological polar surface area (TPSA) is 42.4 Å². The number of hydrogen-bond donors (Lipinski definition) is 1. The van der Waals surface area contributed by atoms with Crippen molar-refractivity contribution in [3.05, 3.63) is 40.7 Å². The molecule has 1 N–H and O–H groups in total. The fraction of sp³-hybridized carbons (Fsp3) is 0.438. The maximum atomic E-state index is 10.7. The van der Waals surface area contributed by atoms with E-state index in [1.165, 1.54) is 0 Å². The predicted octanol–water partition coefficient (Wildman–Crippen LogP) is 3.14. The Labute approximate surface area is 123 Å².